The molecule has 2 heterocycles. The van der Waals surface area contributed by atoms with Crippen molar-refractivity contribution in [2.45, 2.75) is 44.7 Å². The Hall–Kier alpha value is -2.33. The molecule has 3 aromatic rings. The van der Waals surface area contributed by atoms with Crippen molar-refractivity contribution in [2.24, 2.45) is 0 Å². The number of aromatic amines is 1. The Morgan fingerprint density at radius 1 is 1.00 bits per heavy atom. The molecule has 0 unspecified atom stereocenters. The van der Waals surface area contributed by atoms with Gasteiger partial charge in [0.1, 0.15) is 0 Å². The lowest BCUT2D eigenvalue weighted by molar-refractivity contribution is 0.145. The first-order valence-electron chi connectivity index (χ1n) is 11.4. The number of H-pyrrole nitrogens is 1. The Balaban J connectivity index is 1.39. The molecule has 33 heavy (non-hydrogen) atoms. The van der Waals surface area contributed by atoms with Gasteiger partial charge in [-0.3, -0.25) is 10.00 Å². The summed E-state index contributed by atoms with van der Waals surface area (Å²) in [5.41, 5.74) is 3.41. The van der Waals surface area contributed by atoms with Crippen LogP contribution in [0.1, 0.15) is 37.8 Å². The average Bonchev–Trinajstić information content (AvgIpc) is 3.19. The third-order valence-electron chi connectivity index (χ3n) is 6.17. The lowest BCUT2D eigenvalue weighted by atomic mass is 10.0. The zero-order valence-electron chi connectivity index (χ0n) is 19.4. The molecule has 0 spiro atoms. The predicted molar refractivity (Wildman–Crippen MR) is 133 cm³/mol. The van der Waals surface area contributed by atoms with Crippen LogP contribution in [0.3, 0.4) is 0 Å². The van der Waals surface area contributed by atoms with Crippen molar-refractivity contribution in [3.63, 3.8) is 0 Å². The highest BCUT2D eigenvalue weighted by atomic mass is 32.2. The second-order valence-electron chi connectivity index (χ2n) is 8.72. The van der Waals surface area contributed by atoms with Gasteiger partial charge >= 0.3 is 0 Å². The maximum atomic E-state index is 13.1. The Kier molecular flexibility index (Phi) is 7.13. The van der Waals surface area contributed by atoms with Crippen molar-refractivity contribution < 1.29 is 8.42 Å². The van der Waals surface area contributed by atoms with E-state index in [9.17, 15) is 8.42 Å². The van der Waals surface area contributed by atoms with E-state index < -0.39 is 10.0 Å². The topological polar surface area (TPSA) is 74.2 Å². The van der Waals surface area contributed by atoms with Crippen LogP contribution < -0.4 is 0 Å². The van der Waals surface area contributed by atoms with Crippen molar-refractivity contribution in [3.05, 3.63) is 64.4 Å². The van der Waals surface area contributed by atoms with E-state index in [0.29, 0.717) is 48.4 Å². The summed E-state index contributed by atoms with van der Waals surface area (Å²) in [5, 5.41) is 3.29. The lowest BCUT2D eigenvalue weighted by Gasteiger charge is -2.33. The van der Waals surface area contributed by atoms with E-state index in [-0.39, 0.29) is 0 Å². The molecule has 4 rings (SSSR count). The molecule has 0 saturated carbocycles. The smallest absolute Gasteiger partial charge is 0.243 e. The summed E-state index contributed by atoms with van der Waals surface area (Å²) in [6, 6.07) is 15.5. The number of nitrogens with one attached hydrogen (secondary N) is 1. The number of aryl methyl sites for hydroxylation is 1. The quantitative estimate of drug-likeness (QED) is 0.506. The lowest BCUT2D eigenvalue weighted by Crippen LogP contribution is -2.48. The third kappa shape index (κ3) is 5.27. The number of nitrogens with zero attached hydrogens (tertiary/aromatic N) is 4. The van der Waals surface area contributed by atoms with Crippen molar-refractivity contribution in [1.82, 2.24) is 24.0 Å². The van der Waals surface area contributed by atoms with Gasteiger partial charge in [-0.25, -0.2) is 13.1 Å². The van der Waals surface area contributed by atoms with Crippen LogP contribution in [0.2, 0.25) is 0 Å². The zero-order valence-corrected chi connectivity index (χ0v) is 21.0. The molecule has 1 aliphatic heterocycles. The normalized spacial score (nSPS) is 15.9. The molecule has 0 atom stereocenters. The molecule has 1 saturated heterocycles. The van der Waals surface area contributed by atoms with E-state index >= 15 is 0 Å². The van der Waals surface area contributed by atoms with E-state index in [1.807, 2.05) is 28.9 Å². The van der Waals surface area contributed by atoms with Gasteiger partial charge in [-0.05, 0) is 47.8 Å². The van der Waals surface area contributed by atoms with Crippen LogP contribution in [0.5, 0.6) is 0 Å². The molecule has 0 aliphatic carbocycles. The minimum atomic E-state index is -3.49. The number of benzene rings is 2. The minimum Gasteiger partial charge on any atom is -0.282 e. The molecule has 1 aliphatic rings. The summed E-state index contributed by atoms with van der Waals surface area (Å²) in [7, 11) is -3.49. The van der Waals surface area contributed by atoms with E-state index in [0.717, 1.165) is 23.4 Å². The highest BCUT2D eigenvalue weighted by molar-refractivity contribution is 7.89. The number of piperazine rings is 1. The van der Waals surface area contributed by atoms with Crippen LogP contribution in [0.4, 0.5) is 0 Å². The fraction of sp³-hybridized carbons (Fsp3) is 0.417. The van der Waals surface area contributed by atoms with Gasteiger partial charge in [0.05, 0.1) is 11.6 Å². The number of rotatable bonds is 7. The fourth-order valence-corrected chi connectivity index (χ4v) is 5.58. The minimum absolute atomic E-state index is 0.356. The van der Waals surface area contributed by atoms with Crippen LogP contribution in [-0.4, -0.2) is 58.6 Å². The number of hydrogen-bond acceptors (Lipinski definition) is 5. The van der Waals surface area contributed by atoms with Crippen LogP contribution in [0.15, 0.2) is 53.4 Å². The first-order chi connectivity index (χ1) is 15.8. The highest BCUT2D eigenvalue weighted by Crippen LogP contribution is 2.22. The summed E-state index contributed by atoms with van der Waals surface area (Å²) < 4.78 is 30.0. The summed E-state index contributed by atoms with van der Waals surface area (Å²) in [6.45, 7) is 9.03. The van der Waals surface area contributed by atoms with Gasteiger partial charge < -0.3 is 0 Å². The zero-order chi connectivity index (χ0) is 23.6. The van der Waals surface area contributed by atoms with Gasteiger partial charge in [0, 0.05) is 31.7 Å². The van der Waals surface area contributed by atoms with Gasteiger partial charge in [0.15, 0.2) is 5.82 Å². The second-order valence-corrected chi connectivity index (χ2v) is 11.0. The molecular formula is C24H31N5O2S2. The van der Waals surface area contributed by atoms with Crippen LogP contribution in [-0.2, 0) is 23.1 Å². The second kappa shape index (κ2) is 9.89. The van der Waals surface area contributed by atoms with Gasteiger partial charge in [-0.2, -0.15) is 9.29 Å². The maximum absolute atomic E-state index is 13.1. The molecule has 1 aromatic heterocycles. The highest BCUT2D eigenvalue weighted by Gasteiger charge is 2.28. The van der Waals surface area contributed by atoms with Crippen molar-refractivity contribution in [1.29, 1.82) is 0 Å². The van der Waals surface area contributed by atoms with E-state index in [2.05, 4.69) is 47.9 Å². The molecule has 0 bridgehead atoms. The molecule has 0 amide bonds. The summed E-state index contributed by atoms with van der Waals surface area (Å²) in [6.07, 6.45) is 0.996. The molecule has 0 radical (unpaired) electrons. The van der Waals surface area contributed by atoms with E-state index in [4.69, 9.17) is 12.2 Å². The summed E-state index contributed by atoms with van der Waals surface area (Å²) >= 11 is 5.45. The van der Waals surface area contributed by atoms with Crippen LogP contribution in [0, 0.1) is 4.77 Å². The summed E-state index contributed by atoms with van der Waals surface area (Å²) in [5.74, 6) is 1.12. The standard InChI is InChI=1S/C24H31N5O2S2/c1-4-19-5-7-21(8-6-19)23-25-24(32)29(26-23)17-27-13-15-28(16-14-27)33(30,31)22-11-9-20(10-12-22)18(2)3/h5-12,18H,4,13-17H2,1-3H3,(H,25,26,32). The van der Waals surface area contributed by atoms with Crippen molar-refractivity contribution in [3.8, 4) is 11.4 Å². The summed E-state index contributed by atoms with van der Waals surface area (Å²) in [4.78, 5) is 7.05. The van der Waals surface area contributed by atoms with Gasteiger partial charge in [-0.15, -0.1) is 0 Å². The molecule has 176 valence electrons. The Bertz CT molecular complexity index is 1240. The number of hydrogen-bond donors (Lipinski definition) is 1. The fourth-order valence-electron chi connectivity index (χ4n) is 3.96. The molecular weight excluding hydrogens is 454 g/mol. The first-order valence-corrected chi connectivity index (χ1v) is 13.2. The van der Waals surface area contributed by atoms with Gasteiger partial charge in [-0.1, -0.05) is 57.2 Å². The molecule has 9 heteroatoms. The van der Waals surface area contributed by atoms with Crippen molar-refractivity contribution >= 4 is 22.2 Å². The Morgan fingerprint density at radius 2 is 1.64 bits per heavy atom. The molecule has 2 aromatic carbocycles. The van der Waals surface area contributed by atoms with Crippen LogP contribution in [0.25, 0.3) is 11.4 Å². The largest absolute Gasteiger partial charge is 0.282 e. The molecule has 7 nitrogen and oxygen atoms in total. The molecule has 1 fully saturated rings. The van der Waals surface area contributed by atoms with Gasteiger partial charge in [0.25, 0.3) is 0 Å². The van der Waals surface area contributed by atoms with E-state index in [1.54, 1.807) is 16.4 Å². The van der Waals surface area contributed by atoms with Gasteiger partial charge in [0.2, 0.25) is 14.8 Å². The SMILES string of the molecule is CCc1ccc(-c2nc(=S)n(CN3CCN(S(=O)(=O)c4ccc(C(C)C)cc4)CC3)[nH]2)cc1. The Morgan fingerprint density at radius 3 is 2.21 bits per heavy atom. The van der Waals surface area contributed by atoms with E-state index in [1.165, 1.54) is 5.56 Å². The maximum Gasteiger partial charge on any atom is 0.243 e. The first kappa shape index (κ1) is 23.8. The third-order valence-corrected chi connectivity index (χ3v) is 8.40. The number of sulfonamides is 1. The van der Waals surface area contributed by atoms with Crippen molar-refractivity contribution in [2.75, 3.05) is 26.2 Å². The Labute approximate surface area is 201 Å². The predicted octanol–water partition coefficient (Wildman–Crippen LogP) is 4.26. The molecule has 1 N–H and O–H groups in total. The van der Waals surface area contributed by atoms with Crippen LogP contribution >= 0.6 is 12.2 Å². The monoisotopic (exact) mass is 485 g/mol. The number of aromatic nitrogens is 3. The average molecular weight is 486 g/mol.